The zero-order valence-corrected chi connectivity index (χ0v) is 7.63. The van der Waals surface area contributed by atoms with Crippen molar-refractivity contribution >= 4 is 0 Å². The maximum atomic E-state index is 13.3. The molecule has 0 aliphatic rings. The van der Waals surface area contributed by atoms with Crippen LogP contribution in [-0.2, 0) is 6.42 Å². The highest BCUT2D eigenvalue weighted by atomic mass is 19.1. The van der Waals surface area contributed by atoms with E-state index in [-0.39, 0.29) is 12.4 Å². The van der Waals surface area contributed by atoms with E-state index in [1.165, 1.54) is 6.07 Å². The molecule has 0 radical (unpaired) electrons. The average molecular weight is 183 g/mol. The predicted octanol–water partition coefficient (Wildman–Crippen LogP) is 1.38. The molecule has 0 unspecified atom stereocenters. The molecule has 0 saturated carbocycles. The van der Waals surface area contributed by atoms with E-state index in [9.17, 15) is 4.39 Å². The summed E-state index contributed by atoms with van der Waals surface area (Å²) in [6.07, 6.45) is 0.723. The Morgan fingerprint density at radius 1 is 1.54 bits per heavy atom. The molecule has 0 heterocycles. The molecule has 0 amide bonds. The molecule has 0 bridgehead atoms. The maximum absolute atomic E-state index is 13.3. The molecule has 1 aromatic carbocycles. The normalized spacial score (nSPS) is 12.9. The first kappa shape index (κ1) is 10.2. The quantitative estimate of drug-likeness (QED) is 0.743. The Hall–Kier alpha value is -0.930. The number of aliphatic hydroxyl groups is 1. The van der Waals surface area contributed by atoms with Crippen LogP contribution in [0, 0.1) is 5.82 Å². The smallest absolute Gasteiger partial charge is 0.128 e. The van der Waals surface area contributed by atoms with Crippen LogP contribution in [0.2, 0.25) is 0 Å². The molecule has 0 fully saturated rings. The lowest BCUT2D eigenvalue weighted by Crippen LogP contribution is -2.18. The molecule has 3 N–H and O–H groups in total. The van der Waals surface area contributed by atoms with Crippen molar-refractivity contribution in [2.45, 2.75) is 19.4 Å². The Labute approximate surface area is 77.2 Å². The van der Waals surface area contributed by atoms with Crippen LogP contribution in [0.4, 0.5) is 4.39 Å². The van der Waals surface area contributed by atoms with Crippen molar-refractivity contribution in [3.05, 3.63) is 35.1 Å². The Bertz CT molecular complexity index is 288. The van der Waals surface area contributed by atoms with Crippen molar-refractivity contribution < 1.29 is 9.50 Å². The minimum Gasteiger partial charge on any atom is -0.394 e. The van der Waals surface area contributed by atoms with Crippen LogP contribution in [0.25, 0.3) is 0 Å². The van der Waals surface area contributed by atoms with Gasteiger partial charge in [-0.3, -0.25) is 0 Å². The van der Waals surface area contributed by atoms with Crippen LogP contribution in [0.3, 0.4) is 0 Å². The minimum absolute atomic E-state index is 0.228. The van der Waals surface area contributed by atoms with E-state index in [1.807, 2.05) is 13.0 Å². The predicted molar refractivity (Wildman–Crippen MR) is 49.8 cm³/mol. The van der Waals surface area contributed by atoms with E-state index in [0.717, 1.165) is 12.0 Å². The number of halogens is 1. The van der Waals surface area contributed by atoms with Gasteiger partial charge in [0, 0.05) is 5.56 Å². The highest BCUT2D eigenvalue weighted by molar-refractivity contribution is 5.31. The maximum Gasteiger partial charge on any atom is 0.128 e. The zero-order valence-electron chi connectivity index (χ0n) is 7.63. The Kier molecular flexibility index (Phi) is 3.39. The lowest BCUT2D eigenvalue weighted by atomic mass is 9.99. The van der Waals surface area contributed by atoms with Gasteiger partial charge in [0.05, 0.1) is 12.6 Å². The third kappa shape index (κ3) is 2.05. The number of hydrogen-bond donors (Lipinski definition) is 2. The number of benzene rings is 1. The van der Waals surface area contributed by atoms with Gasteiger partial charge in [-0.2, -0.15) is 0 Å². The highest BCUT2D eigenvalue weighted by Gasteiger charge is 2.13. The third-order valence-corrected chi connectivity index (χ3v) is 2.09. The first-order valence-corrected chi connectivity index (χ1v) is 4.34. The van der Waals surface area contributed by atoms with Gasteiger partial charge in [-0.05, 0) is 18.1 Å². The summed E-state index contributed by atoms with van der Waals surface area (Å²) in [5, 5.41) is 8.84. The fraction of sp³-hybridized carbons (Fsp3) is 0.400. The van der Waals surface area contributed by atoms with Gasteiger partial charge in [-0.25, -0.2) is 4.39 Å². The zero-order chi connectivity index (χ0) is 9.84. The fourth-order valence-corrected chi connectivity index (χ4v) is 1.40. The molecule has 0 aliphatic heterocycles. The number of rotatable bonds is 3. The van der Waals surface area contributed by atoms with E-state index >= 15 is 0 Å². The Morgan fingerprint density at radius 2 is 2.23 bits per heavy atom. The first-order valence-electron chi connectivity index (χ1n) is 4.34. The number of hydrogen-bond acceptors (Lipinski definition) is 2. The van der Waals surface area contributed by atoms with E-state index in [0.29, 0.717) is 5.56 Å². The molecule has 0 saturated heterocycles. The topological polar surface area (TPSA) is 46.2 Å². The van der Waals surface area contributed by atoms with Crippen molar-refractivity contribution in [3.8, 4) is 0 Å². The first-order chi connectivity index (χ1) is 6.20. The molecule has 72 valence electrons. The standard InChI is InChI=1S/C10H14FNO/c1-2-7-4-3-5-8(11)10(7)9(12)6-13/h3-5,9,13H,2,6,12H2,1H3/t9-/m0/s1. The molecule has 3 heteroatoms. The SMILES string of the molecule is CCc1cccc(F)c1[C@@H](N)CO. The summed E-state index contributed by atoms with van der Waals surface area (Å²) < 4.78 is 13.3. The van der Waals surface area contributed by atoms with E-state index < -0.39 is 6.04 Å². The molecule has 2 nitrogen and oxygen atoms in total. The summed E-state index contributed by atoms with van der Waals surface area (Å²) in [4.78, 5) is 0. The number of aryl methyl sites for hydroxylation is 1. The van der Waals surface area contributed by atoms with Gasteiger partial charge in [0.2, 0.25) is 0 Å². The lowest BCUT2D eigenvalue weighted by Gasteiger charge is -2.13. The van der Waals surface area contributed by atoms with Crippen molar-refractivity contribution in [1.82, 2.24) is 0 Å². The van der Waals surface area contributed by atoms with Gasteiger partial charge in [0.15, 0.2) is 0 Å². The van der Waals surface area contributed by atoms with Gasteiger partial charge in [-0.1, -0.05) is 19.1 Å². The lowest BCUT2D eigenvalue weighted by molar-refractivity contribution is 0.264. The largest absolute Gasteiger partial charge is 0.394 e. The molecule has 1 aromatic rings. The van der Waals surface area contributed by atoms with Crippen molar-refractivity contribution in [1.29, 1.82) is 0 Å². The molecule has 0 aliphatic carbocycles. The van der Waals surface area contributed by atoms with Crippen LogP contribution in [0.1, 0.15) is 24.1 Å². The highest BCUT2D eigenvalue weighted by Crippen LogP contribution is 2.20. The van der Waals surface area contributed by atoms with Gasteiger partial charge < -0.3 is 10.8 Å². The monoisotopic (exact) mass is 183 g/mol. The second-order valence-corrected chi connectivity index (χ2v) is 2.96. The molecule has 1 rings (SSSR count). The van der Waals surface area contributed by atoms with Crippen molar-refractivity contribution in [2.24, 2.45) is 5.73 Å². The van der Waals surface area contributed by atoms with Crippen molar-refractivity contribution in [2.75, 3.05) is 6.61 Å². The van der Waals surface area contributed by atoms with Crippen LogP contribution in [0.15, 0.2) is 18.2 Å². The third-order valence-electron chi connectivity index (χ3n) is 2.09. The summed E-state index contributed by atoms with van der Waals surface area (Å²) in [7, 11) is 0. The Balaban J connectivity index is 3.14. The summed E-state index contributed by atoms with van der Waals surface area (Å²) in [6.45, 7) is 1.70. The average Bonchev–Trinajstić information content (AvgIpc) is 2.16. The second kappa shape index (κ2) is 4.35. The van der Waals surface area contributed by atoms with Gasteiger partial charge in [0.25, 0.3) is 0 Å². The second-order valence-electron chi connectivity index (χ2n) is 2.96. The van der Waals surface area contributed by atoms with Gasteiger partial charge in [0.1, 0.15) is 5.82 Å². The van der Waals surface area contributed by atoms with Gasteiger partial charge >= 0.3 is 0 Å². The minimum atomic E-state index is -0.615. The summed E-state index contributed by atoms with van der Waals surface area (Å²) in [6, 6.07) is 4.23. The molecule has 13 heavy (non-hydrogen) atoms. The van der Waals surface area contributed by atoms with Crippen molar-refractivity contribution in [3.63, 3.8) is 0 Å². The number of nitrogens with two attached hydrogens (primary N) is 1. The van der Waals surface area contributed by atoms with Crippen LogP contribution in [0.5, 0.6) is 0 Å². The summed E-state index contributed by atoms with van der Waals surface area (Å²) in [5.41, 5.74) is 6.88. The summed E-state index contributed by atoms with van der Waals surface area (Å²) in [5.74, 6) is -0.332. The van der Waals surface area contributed by atoms with Crippen LogP contribution < -0.4 is 5.73 Å². The molecule has 0 spiro atoms. The van der Waals surface area contributed by atoms with E-state index in [1.54, 1.807) is 6.07 Å². The van der Waals surface area contributed by atoms with E-state index in [4.69, 9.17) is 10.8 Å². The van der Waals surface area contributed by atoms with Crippen LogP contribution >= 0.6 is 0 Å². The number of aliphatic hydroxyl groups excluding tert-OH is 1. The molecule has 0 aromatic heterocycles. The fourth-order valence-electron chi connectivity index (χ4n) is 1.40. The van der Waals surface area contributed by atoms with Gasteiger partial charge in [-0.15, -0.1) is 0 Å². The Morgan fingerprint density at radius 3 is 2.77 bits per heavy atom. The van der Waals surface area contributed by atoms with E-state index in [2.05, 4.69) is 0 Å². The molecule has 1 atom stereocenters. The summed E-state index contributed by atoms with van der Waals surface area (Å²) >= 11 is 0. The molecular weight excluding hydrogens is 169 g/mol. The van der Waals surface area contributed by atoms with Crippen LogP contribution in [-0.4, -0.2) is 11.7 Å². The molecular formula is C10H14FNO.